The zero-order valence-corrected chi connectivity index (χ0v) is 20.1. The molecule has 0 spiro atoms. The largest absolute Gasteiger partial charge is 0.497 e. The van der Waals surface area contributed by atoms with Gasteiger partial charge in [0.1, 0.15) is 27.2 Å². The molecule has 0 aliphatic carbocycles. The third kappa shape index (κ3) is 5.26. The van der Waals surface area contributed by atoms with Gasteiger partial charge >= 0.3 is 0 Å². The standard InChI is InChI=1S/C22H20N4O3S3/c1-13-21(32-22(23-13)18-5-4-8-30-18)17-6-7-20(26-25-17)31-12-19(27)24-14-9-15(28-2)11-16(10-14)29-3/h4-11H,12H2,1-3H3,(H,24,27). The summed E-state index contributed by atoms with van der Waals surface area (Å²) in [5, 5.41) is 15.2. The van der Waals surface area contributed by atoms with Crippen LogP contribution in [0.15, 0.2) is 52.9 Å². The number of thioether (sulfide) groups is 1. The molecule has 4 aromatic rings. The summed E-state index contributed by atoms with van der Waals surface area (Å²) in [5.74, 6) is 1.26. The molecule has 0 saturated carbocycles. The number of aromatic nitrogens is 3. The molecule has 0 unspecified atom stereocenters. The van der Waals surface area contributed by atoms with E-state index < -0.39 is 0 Å². The number of rotatable bonds is 8. The zero-order chi connectivity index (χ0) is 22.5. The number of thiazole rings is 1. The van der Waals surface area contributed by atoms with E-state index in [4.69, 9.17) is 9.47 Å². The Kier molecular flexibility index (Phi) is 7.03. The summed E-state index contributed by atoms with van der Waals surface area (Å²) in [6.45, 7) is 1.98. The third-order valence-corrected chi connectivity index (χ3v) is 7.53. The van der Waals surface area contributed by atoms with E-state index in [2.05, 4.69) is 26.6 Å². The van der Waals surface area contributed by atoms with Crippen LogP contribution in [0.2, 0.25) is 0 Å². The van der Waals surface area contributed by atoms with E-state index in [1.165, 1.54) is 11.8 Å². The van der Waals surface area contributed by atoms with E-state index in [9.17, 15) is 4.79 Å². The molecule has 0 bridgehead atoms. The molecule has 1 aromatic carbocycles. The van der Waals surface area contributed by atoms with Gasteiger partial charge in [-0.05, 0) is 30.5 Å². The molecule has 32 heavy (non-hydrogen) atoms. The minimum atomic E-state index is -0.157. The molecule has 0 aliphatic rings. The van der Waals surface area contributed by atoms with Gasteiger partial charge in [0.2, 0.25) is 5.91 Å². The van der Waals surface area contributed by atoms with Crippen molar-refractivity contribution in [3.05, 3.63) is 53.5 Å². The molecule has 0 radical (unpaired) electrons. The van der Waals surface area contributed by atoms with Crippen molar-refractivity contribution in [1.29, 1.82) is 0 Å². The van der Waals surface area contributed by atoms with Gasteiger partial charge in [0.05, 0.1) is 35.4 Å². The highest BCUT2D eigenvalue weighted by molar-refractivity contribution is 7.99. The first-order chi connectivity index (χ1) is 15.6. The average Bonchev–Trinajstić information content (AvgIpc) is 3.47. The number of amides is 1. The second kappa shape index (κ2) is 10.1. The maximum Gasteiger partial charge on any atom is 0.234 e. The predicted octanol–water partition coefficient (Wildman–Crippen LogP) is 5.39. The Bertz CT molecular complexity index is 1190. The molecule has 164 valence electrons. The van der Waals surface area contributed by atoms with Gasteiger partial charge < -0.3 is 14.8 Å². The molecule has 1 amide bonds. The smallest absolute Gasteiger partial charge is 0.234 e. The number of carbonyl (C=O) groups is 1. The lowest BCUT2D eigenvalue weighted by molar-refractivity contribution is -0.113. The molecule has 0 atom stereocenters. The molecular weight excluding hydrogens is 464 g/mol. The van der Waals surface area contributed by atoms with Gasteiger partial charge in [0.15, 0.2) is 0 Å². The normalized spacial score (nSPS) is 10.7. The van der Waals surface area contributed by atoms with Crippen molar-refractivity contribution in [2.45, 2.75) is 11.9 Å². The molecule has 10 heteroatoms. The van der Waals surface area contributed by atoms with Crippen molar-refractivity contribution in [3.8, 4) is 32.0 Å². The highest BCUT2D eigenvalue weighted by atomic mass is 32.2. The van der Waals surface area contributed by atoms with Crippen molar-refractivity contribution < 1.29 is 14.3 Å². The van der Waals surface area contributed by atoms with E-state index in [0.29, 0.717) is 22.2 Å². The molecule has 7 nitrogen and oxygen atoms in total. The van der Waals surface area contributed by atoms with Gasteiger partial charge in [-0.15, -0.1) is 32.9 Å². The lowest BCUT2D eigenvalue weighted by atomic mass is 10.2. The number of aryl methyl sites for hydroxylation is 1. The maximum absolute atomic E-state index is 12.4. The summed E-state index contributed by atoms with van der Waals surface area (Å²) in [4.78, 5) is 19.2. The SMILES string of the molecule is COc1cc(NC(=O)CSc2ccc(-c3sc(-c4cccs4)nc3C)nn2)cc(OC)c1. The minimum Gasteiger partial charge on any atom is -0.497 e. The van der Waals surface area contributed by atoms with E-state index in [0.717, 1.165) is 26.1 Å². The van der Waals surface area contributed by atoms with Gasteiger partial charge in [-0.25, -0.2) is 4.98 Å². The van der Waals surface area contributed by atoms with Crippen molar-refractivity contribution in [2.24, 2.45) is 0 Å². The van der Waals surface area contributed by atoms with Crippen molar-refractivity contribution >= 4 is 46.0 Å². The van der Waals surface area contributed by atoms with E-state index in [-0.39, 0.29) is 11.7 Å². The Labute approximate surface area is 197 Å². The van der Waals surface area contributed by atoms with Crippen LogP contribution in [-0.2, 0) is 4.79 Å². The summed E-state index contributed by atoms with van der Waals surface area (Å²) in [7, 11) is 3.13. The van der Waals surface area contributed by atoms with Crippen LogP contribution in [0.4, 0.5) is 5.69 Å². The van der Waals surface area contributed by atoms with Gasteiger partial charge in [-0.2, -0.15) is 0 Å². The number of methoxy groups -OCH3 is 2. The lowest BCUT2D eigenvalue weighted by Crippen LogP contribution is -2.14. The Hall–Kier alpha value is -2.95. The first-order valence-corrected chi connectivity index (χ1v) is 12.2. The lowest BCUT2D eigenvalue weighted by Gasteiger charge is -2.09. The van der Waals surface area contributed by atoms with Crippen LogP contribution in [0.1, 0.15) is 5.69 Å². The molecule has 1 N–H and O–H groups in total. The summed E-state index contributed by atoms with van der Waals surface area (Å²) >= 11 is 4.59. The van der Waals surface area contributed by atoms with Crippen molar-refractivity contribution in [3.63, 3.8) is 0 Å². The van der Waals surface area contributed by atoms with E-state index >= 15 is 0 Å². The molecule has 0 saturated heterocycles. The molecule has 0 fully saturated rings. The van der Waals surface area contributed by atoms with Crippen LogP contribution >= 0.6 is 34.4 Å². The van der Waals surface area contributed by atoms with Crippen molar-refractivity contribution in [1.82, 2.24) is 15.2 Å². The van der Waals surface area contributed by atoms with Crippen molar-refractivity contribution in [2.75, 3.05) is 25.3 Å². The Morgan fingerprint density at radius 3 is 2.50 bits per heavy atom. The van der Waals surface area contributed by atoms with E-state index in [1.54, 1.807) is 55.1 Å². The molecule has 4 rings (SSSR count). The van der Waals surface area contributed by atoms with Crippen LogP contribution < -0.4 is 14.8 Å². The number of hydrogen-bond acceptors (Lipinski definition) is 9. The number of ether oxygens (including phenoxy) is 2. The predicted molar refractivity (Wildman–Crippen MR) is 130 cm³/mol. The first-order valence-electron chi connectivity index (χ1n) is 9.57. The quantitative estimate of drug-likeness (QED) is 0.336. The fourth-order valence-electron chi connectivity index (χ4n) is 2.87. The number of hydrogen-bond donors (Lipinski definition) is 1. The second-order valence-corrected chi connectivity index (χ2v) is 9.55. The topological polar surface area (TPSA) is 86.2 Å². The highest BCUT2D eigenvalue weighted by Gasteiger charge is 2.14. The van der Waals surface area contributed by atoms with Gasteiger partial charge in [0, 0.05) is 23.9 Å². The maximum atomic E-state index is 12.4. The Morgan fingerprint density at radius 1 is 1.09 bits per heavy atom. The van der Waals surface area contributed by atoms with Crippen LogP contribution in [0, 0.1) is 6.92 Å². The van der Waals surface area contributed by atoms with Gasteiger partial charge in [-0.3, -0.25) is 4.79 Å². The van der Waals surface area contributed by atoms with Crippen LogP contribution in [0.25, 0.3) is 20.5 Å². The average molecular weight is 485 g/mol. The Morgan fingerprint density at radius 2 is 1.88 bits per heavy atom. The number of carbonyl (C=O) groups excluding carboxylic acids is 1. The summed E-state index contributed by atoms with van der Waals surface area (Å²) in [5.41, 5.74) is 2.32. The number of nitrogens with one attached hydrogen (secondary N) is 1. The van der Waals surface area contributed by atoms with Crippen LogP contribution in [-0.4, -0.2) is 41.1 Å². The molecule has 0 aliphatic heterocycles. The monoisotopic (exact) mass is 484 g/mol. The summed E-state index contributed by atoms with van der Waals surface area (Å²) < 4.78 is 10.5. The van der Waals surface area contributed by atoms with Crippen LogP contribution in [0.3, 0.4) is 0 Å². The molecule has 3 aromatic heterocycles. The summed E-state index contributed by atoms with van der Waals surface area (Å²) in [6, 6.07) is 13.1. The number of thiophene rings is 1. The molecule has 3 heterocycles. The highest BCUT2D eigenvalue weighted by Crippen LogP contribution is 2.36. The fraction of sp³-hybridized carbons (Fsp3) is 0.182. The zero-order valence-electron chi connectivity index (χ0n) is 17.6. The number of anilines is 1. The third-order valence-electron chi connectivity index (χ3n) is 4.39. The molecular formula is C22H20N4O3S3. The van der Waals surface area contributed by atoms with Gasteiger partial charge in [0.25, 0.3) is 0 Å². The van der Waals surface area contributed by atoms with Gasteiger partial charge in [-0.1, -0.05) is 17.8 Å². The number of nitrogens with zero attached hydrogens (tertiary/aromatic N) is 3. The van der Waals surface area contributed by atoms with Crippen LogP contribution in [0.5, 0.6) is 11.5 Å². The minimum absolute atomic E-state index is 0.157. The second-order valence-electron chi connectivity index (χ2n) is 6.61. The summed E-state index contributed by atoms with van der Waals surface area (Å²) in [6.07, 6.45) is 0. The number of benzene rings is 1. The fourth-order valence-corrected chi connectivity index (χ4v) is 5.32. The first kappa shape index (κ1) is 22.3. The Balaban J connectivity index is 1.38. The van der Waals surface area contributed by atoms with E-state index in [1.807, 2.05) is 30.5 Å².